The van der Waals surface area contributed by atoms with Crippen LogP contribution in [0.15, 0.2) is 27.4 Å². The summed E-state index contributed by atoms with van der Waals surface area (Å²) in [6.07, 6.45) is 0.427. The van der Waals surface area contributed by atoms with Crippen LogP contribution < -0.4 is 5.56 Å². The van der Waals surface area contributed by atoms with Crippen molar-refractivity contribution in [3.63, 3.8) is 0 Å². The quantitative estimate of drug-likeness (QED) is 0.352. The number of hydrogen-bond donors (Lipinski definition) is 0. The molecule has 150 valence electrons. The summed E-state index contributed by atoms with van der Waals surface area (Å²) < 4.78 is 42.3. The van der Waals surface area contributed by atoms with Gasteiger partial charge in [-0.05, 0) is 43.0 Å². The maximum Gasteiger partial charge on any atom is 0.433 e. The maximum atomic E-state index is 13.2. The number of thiophene rings is 1. The highest BCUT2D eigenvalue weighted by Crippen LogP contribution is 2.36. The van der Waals surface area contributed by atoms with Gasteiger partial charge in [-0.3, -0.25) is 9.36 Å². The first-order valence-corrected chi connectivity index (χ1v) is 10.4. The van der Waals surface area contributed by atoms with Gasteiger partial charge in [-0.25, -0.2) is 9.97 Å². The smallest absolute Gasteiger partial charge is 0.290 e. The SMILES string of the molecule is Cn1c(Sc2cc(C(F)(F)F)nc3ncnn23)nc2sc3c(c2c1=O)CCCC3. The molecule has 0 saturated heterocycles. The van der Waals surface area contributed by atoms with E-state index in [2.05, 4.69) is 20.1 Å². The fourth-order valence-electron chi connectivity index (χ4n) is 3.46. The van der Waals surface area contributed by atoms with E-state index in [0.717, 1.165) is 55.4 Å². The topological polar surface area (TPSA) is 78.0 Å². The monoisotopic (exact) mass is 438 g/mol. The fraction of sp³-hybridized carbons (Fsp3) is 0.353. The second-order valence-electron chi connectivity index (χ2n) is 6.70. The van der Waals surface area contributed by atoms with E-state index in [4.69, 9.17) is 0 Å². The number of hydrogen-bond acceptors (Lipinski definition) is 7. The van der Waals surface area contributed by atoms with Gasteiger partial charge in [0.1, 0.15) is 16.2 Å². The van der Waals surface area contributed by atoms with Gasteiger partial charge in [0.05, 0.1) is 5.39 Å². The molecular formula is C17H13F3N6OS2. The Morgan fingerprint density at radius 2 is 2.00 bits per heavy atom. The molecule has 4 aromatic rings. The molecular weight excluding hydrogens is 425 g/mol. The predicted octanol–water partition coefficient (Wildman–Crippen LogP) is 3.48. The van der Waals surface area contributed by atoms with Crippen molar-refractivity contribution in [2.45, 2.75) is 42.0 Å². The summed E-state index contributed by atoms with van der Waals surface area (Å²) in [5.41, 5.74) is -0.183. The lowest BCUT2D eigenvalue weighted by molar-refractivity contribution is -0.141. The van der Waals surface area contributed by atoms with Crippen molar-refractivity contribution < 1.29 is 13.2 Å². The van der Waals surface area contributed by atoms with Gasteiger partial charge in [-0.1, -0.05) is 0 Å². The minimum absolute atomic E-state index is 0.128. The zero-order chi connectivity index (χ0) is 20.3. The van der Waals surface area contributed by atoms with Crippen LogP contribution in [0.25, 0.3) is 16.0 Å². The Hall–Kier alpha value is -2.47. The summed E-state index contributed by atoms with van der Waals surface area (Å²) in [6, 6.07) is 0.891. The number of fused-ring (bicyclic) bond motifs is 4. The molecule has 7 nitrogen and oxygen atoms in total. The lowest BCUT2D eigenvalue weighted by Gasteiger charge is -2.12. The van der Waals surface area contributed by atoms with Gasteiger partial charge >= 0.3 is 6.18 Å². The number of alkyl halides is 3. The summed E-state index contributed by atoms with van der Waals surface area (Å²) in [6.45, 7) is 0. The fourth-order valence-corrected chi connectivity index (χ4v) is 5.69. The Morgan fingerprint density at radius 1 is 1.21 bits per heavy atom. The second-order valence-corrected chi connectivity index (χ2v) is 8.77. The molecule has 4 heterocycles. The molecule has 0 saturated carbocycles. The second kappa shape index (κ2) is 6.52. The standard InChI is InChI=1S/C17H13F3N6OS2/c1-25-14(27)12-8-4-2-3-5-9(8)28-13(12)24-16(25)29-11-6-10(17(18,19)20)23-15-21-7-22-26(11)15/h6-7H,2-5H2,1H3. The third kappa shape index (κ3) is 3.01. The predicted molar refractivity (Wildman–Crippen MR) is 101 cm³/mol. The Kier molecular flexibility index (Phi) is 4.17. The molecule has 0 radical (unpaired) electrons. The largest absolute Gasteiger partial charge is 0.433 e. The van der Waals surface area contributed by atoms with E-state index in [-0.39, 0.29) is 21.5 Å². The van der Waals surface area contributed by atoms with Crippen LogP contribution in [0.4, 0.5) is 13.2 Å². The molecule has 0 aliphatic heterocycles. The normalized spacial score (nSPS) is 14.6. The van der Waals surface area contributed by atoms with Gasteiger partial charge in [0.2, 0.25) is 0 Å². The van der Waals surface area contributed by atoms with Crippen molar-refractivity contribution >= 4 is 39.1 Å². The highest BCUT2D eigenvalue weighted by molar-refractivity contribution is 7.99. The van der Waals surface area contributed by atoms with Gasteiger partial charge in [0.15, 0.2) is 10.9 Å². The van der Waals surface area contributed by atoms with E-state index in [9.17, 15) is 18.0 Å². The Bertz CT molecular complexity index is 1320. The average Bonchev–Trinajstić information content (AvgIpc) is 3.29. The molecule has 0 unspecified atom stereocenters. The third-order valence-electron chi connectivity index (χ3n) is 4.86. The van der Waals surface area contributed by atoms with Gasteiger partial charge in [-0.2, -0.15) is 27.8 Å². The minimum atomic E-state index is -4.63. The Morgan fingerprint density at radius 3 is 2.79 bits per heavy atom. The van der Waals surface area contributed by atoms with Crippen LogP contribution in [0.5, 0.6) is 0 Å². The van der Waals surface area contributed by atoms with Crippen molar-refractivity contribution in [3.05, 3.63) is 38.9 Å². The summed E-state index contributed by atoms with van der Waals surface area (Å²) >= 11 is 2.43. The van der Waals surface area contributed by atoms with Crippen LogP contribution in [0, 0.1) is 0 Å². The average molecular weight is 438 g/mol. The number of aryl methyl sites for hydroxylation is 2. The zero-order valence-corrected chi connectivity index (χ0v) is 16.7. The van der Waals surface area contributed by atoms with Crippen molar-refractivity contribution in [2.75, 3.05) is 0 Å². The summed E-state index contributed by atoms with van der Waals surface area (Å²) in [7, 11) is 1.58. The lowest BCUT2D eigenvalue weighted by atomic mass is 9.97. The molecule has 4 aromatic heterocycles. The minimum Gasteiger partial charge on any atom is -0.290 e. The van der Waals surface area contributed by atoms with E-state index < -0.39 is 11.9 Å². The molecule has 0 amide bonds. The molecule has 12 heteroatoms. The summed E-state index contributed by atoms with van der Waals surface area (Å²) in [4.78, 5) is 26.7. The third-order valence-corrected chi connectivity index (χ3v) is 7.09. The molecule has 0 fully saturated rings. The Balaban J connectivity index is 1.67. The first kappa shape index (κ1) is 18.6. The highest BCUT2D eigenvalue weighted by Gasteiger charge is 2.34. The Labute approximate surface area is 169 Å². The van der Waals surface area contributed by atoms with Crippen LogP contribution >= 0.6 is 23.1 Å². The van der Waals surface area contributed by atoms with Crippen molar-refractivity contribution in [2.24, 2.45) is 7.05 Å². The van der Waals surface area contributed by atoms with Crippen molar-refractivity contribution in [1.29, 1.82) is 0 Å². The highest BCUT2D eigenvalue weighted by atomic mass is 32.2. The lowest BCUT2D eigenvalue weighted by Crippen LogP contribution is -2.20. The zero-order valence-electron chi connectivity index (χ0n) is 15.0. The molecule has 0 bridgehead atoms. The van der Waals surface area contributed by atoms with Gasteiger partial charge in [0.25, 0.3) is 11.3 Å². The summed E-state index contributed by atoms with van der Waals surface area (Å²) in [5, 5.41) is 5.00. The number of nitrogens with zero attached hydrogens (tertiary/aromatic N) is 6. The van der Waals surface area contributed by atoms with E-state index in [0.29, 0.717) is 10.2 Å². The molecule has 0 atom stereocenters. The molecule has 0 spiro atoms. The van der Waals surface area contributed by atoms with Crippen LogP contribution in [0.2, 0.25) is 0 Å². The van der Waals surface area contributed by atoms with Gasteiger partial charge in [0, 0.05) is 18.0 Å². The first-order chi connectivity index (χ1) is 13.8. The number of rotatable bonds is 2. The van der Waals surface area contributed by atoms with E-state index in [1.54, 1.807) is 7.05 Å². The molecule has 1 aliphatic rings. The maximum absolute atomic E-state index is 13.2. The molecule has 29 heavy (non-hydrogen) atoms. The van der Waals surface area contributed by atoms with Crippen LogP contribution in [-0.2, 0) is 26.1 Å². The van der Waals surface area contributed by atoms with Crippen LogP contribution in [0.3, 0.4) is 0 Å². The van der Waals surface area contributed by atoms with Gasteiger partial charge < -0.3 is 0 Å². The first-order valence-electron chi connectivity index (χ1n) is 8.80. The number of halogens is 3. The van der Waals surface area contributed by atoms with E-state index in [1.165, 1.54) is 25.3 Å². The molecule has 0 N–H and O–H groups in total. The van der Waals surface area contributed by atoms with Gasteiger partial charge in [-0.15, -0.1) is 11.3 Å². The van der Waals surface area contributed by atoms with E-state index >= 15 is 0 Å². The van der Waals surface area contributed by atoms with E-state index in [1.807, 2.05) is 0 Å². The van der Waals surface area contributed by atoms with Crippen LogP contribution in [-0.4, -0.2) is 29.1 Å². The molecule has 0 aromatic carbocycles. The molecule has 1 aliphatic carbocycles. The van der Waals surface area contributed by atoms with Crippen LogP contribution in [0.1, 0.15) is 29.0 Å². The molecule has 5 rings (SSSR count). The summed E-state index contributed by atoms with van der Waals surface area (Å²) in [5.74, 6) is -0.167. The van der Waals surface area contributed by atoms with Crippen molar-refractivity contribution in [1.82, 2.24) is 29.1 Å². The van der Waals surface area contributed by atoms with Crippen molar-refractivity contribution in [3.8, 4) is 0 Å². The number of aromatic nitrogens is 6.